The van der Waals surface area contributed by atoms with Gasteiger partial charge in [-0.15, -0.1) is 0 Å². The van der Waals surface area contributed by atoms with Gasteiger partial charge < -0.3 is 15.5 Å². The van der Waals surface area contributed by atoms with Crippen LogP contribution in [0.1, 0.15) is 93.1 Å². The SMILES string of the molecule is CNC(C(=O)NC(C(=O)N(C)C(/C=C(\C)C(=O)NS(=O)(=O)C1CCCCC1)C(C)C)C(C)(C)C)C(C)(C)c1ccccc1. The molecule has 1 aliphatic carbocycles. The molecule has 10 heteroatoms. The van der Waals surface area contributed by atoms with Crippen LogP contribution >= 0.6 is 0 Å². The van der Waals surface area contributed by atoms with Crippen LogP contribution in [0.3, 0.4) is 0 Å². The predicted octanol–water partition coefficient (Wildman–Crippen LogP) is 4.29. The van der Waals surface area contributed by atoms with Gasteiger partial charge in [-0.25, -0.2) is 13.1 Å². The maximum absolute atomic E-state index is 14.1. The monoisotopic (exact) mass is 618 g/mol. The maximum Gasteiger partial charge on any atom is 0.260 e. The largest absolute Gasteiger partial charge is 0.342 e. The molecule has 1 aromatic rings. The summed E-state index contributed by atoms with van der Waals surface area (Å²) in [6, 6.07) is 7.78. The van der Waals surface area contributed by atoms with Crippen molar-refractivity contribution in [3.8, 4) is 0 Å². The van der Waals surface area contributed by atoms with Crippen molar-refractivity contribution in [2.45, 2.75) is 116 Å². The van der Waals surface area contributed by atoms with Gasteiger partial charge in [0.25, 0.3) is 5.91 Å². The second kappa shape index (κ2) is 14.8. The number of amides is 3. The number of carbonyl (C=O) groups is 3. The van der Waals surface area contributed by atoms with Crippen LogP contribution < -0.4 is 15.4 Å². The molecule has 1 aromatic carbocycles. The molecule has 0 saturated heterocycles. The first kappa shape index (κ1) is 36.5. The summed E-state index contributed by atoms with van der Waals surface area (Å²) in [5.74, 6) is -1.37. The van der Waals surface area contributed by atoms with Crippen molar-refractivity contribution >= 4 is 27.7 Å². The Hall–Kier alpha value is -2.72. The summed E-state index contributed by atoms with van der Waals surface area (Å²) in [5.41, 5.74) is 0.0175. The highest BCUT2D eigenvalue weighted by Crippen LogP contribution is 2.29. The van der Waals surface area contributed by atoms with E-state index in [4.69, 9.17) is 0 Å². The number of nitrogens with zero attached hydrogens (tertiary/aromatic N) is 1. The van der Waals surface area contributed by atoms with Crippen LogP contribution in [0.4, 0.5) is 0 Å². The van der Waals surface area contributed by atoms with Gasteiger partial charge in [0.2, 0.25) is 21.8 Å². The zero-order valence-corrected chi connectivity index (χ0v) is 28.6. The Morgan fingerprint density at radius 2 is 1.51 bits per heavy atom. The number of sulfonamides is 1. The first-order valence-corrected chi connectivity index (χ1v) is 16.9. The molecule has 3 amide bonds. The summed E-state index contributed by atoms with van der Waals surface area (Å²) in [6.07, 6.45) is 5.42. The van der Waals surface area contributed by atoms with Crippen LogP contribution in [-0.2, 0) is 29.8 Å². The highest BCUT2D eigenvalue weighted by atomic mass is 32.2. The Kier molecular flexibility index (Phi) is 12.6. The third-order valence-corrected chi connectivity index (χ3v) is 10.5. The number of likely N-dealkylation sites (N-methyl/N-ethyl adjacent to an activating group) is 2. The number of hydrogen-bond donors (Lipinski definition) is 3. The van der Waals surface area contributed by atoms with Crippen molar-refractivity contribution in [3.05, 3.63) is 47.5 Å². The summed E-state index contributed by atoms with van der Waals surface area (Å²) in [5, 5.41) is 5.61. The smallest absolute Gasteiger partial charge is 0.260 e. The molecular weight excluding hydrogens is 564 g/mol. The number of carbonyl (C=O) groups excluding carboxylic acids is 3. The zero-order chi connectivity index (χ0) is 32.8. The highest BCUT2D eigenvalue weighted by molar-refractivity contribution is 7.90. The van der Waals surface area contributed by atoms with Gasteiger partial charge in [0.05, 0.1) is 17.3 Å². The quantitative estimate of drug-likeness (QED) is 0.300. The van der Waals surface area contributed by atoms with E-state index in [9.17, 15) is 22.8 Å². The number of rotatable bonds is 12. The number of benzene rings is 1. The number of hydrogen-bond acceptors (Lipinski definition) is 6. The van der Waals surface area contributed by atoms with Crippen molar-refractivity contribution in [1.29, 1.82) is 0 Å². The van der Waals surface area contributed by atoms with E-state index >= 15 is 0 Å². The predicted molar refractivity (Wildman–Crippen MR) is 173 cm³/mol. The van der Waals surface area contributed by atoms with E-state index in [0.717, 1.165) is 24.8 Å². The van der Waals surface area contributed by atoms with Gasteiger partial charge >= 0.3 is 0 Å². The molecule has 3 unspecified atom stereocenters. The fourth-order valence-electron chi connectivity index (χ4n) is 5.83. The summed E-state index contributed by atoms with van der Waals surface area (Å²) in [6.45, 7) is 15.1. The number of nitrogens with one attached hydrogen (secondary N) is 3. The molecule has 0 aromatic heterocycles. The third kappa shape index (κ3) is 9.38. The first-order chi connectivity index (χ1) is 19.8. The van der Waals surface area contributed by atoms with E-state index in [-0.39, 0.29) is 23.3 Å². The molecule has 3 N–H and O–H groups in total. The van der Waals surface area contributed by atoms with Gasteiger partial charge in [0, 0.05) is 18.0 Å². The van der Waals surface area contributed by atoms with Gasteiger partial charge in [-0.05, 0) is 43.7 Å². The summed E-state index contributed by atoms with van der Waals surface area (Å²) < 4.78 is 27.9. The van der Waals surface area contributed by atoms with E-state index in [1.165, 1.54) is 0 Å². The maximum atomic E-state index is 14.1. The summed E-state index contributed by atoms with van der Waals surface area (Å²) in [7, 11) is -0.396. The van der Waals surface area contributed by atoms with E-state index in [0.29, 0.717) is 12.8 Å². The van der Waals surface area contributed by atoms with Gasteiger partial charge in [0.1, 0.15) is 6.04 Å². The molecule has 0 bridgehead atoms. The normalized spacial score (nSPS) is 17.6. The summed E-state index contributed by atoms with van der Waals surface area (Å²) in [4.78, 5) is 42.3. The Labute approximate surface area is 259 Å². The van der Waals surface area contributed by atoms with Crippen LogP contribution in [-0.4, -0.2) is 68.5 Å². The van der Waals surface area contributed by atoms with Crippen molar-refractivity contribution in [3.63, 3.8) is 0 Å². The van der Waals surface area contributed by atoms with Gasteiger partial charge in [0.15, 0.2) is 0 Å². The van der Waals surface area contributed by atoms with Gasteiger partial charge in [-0.2, -0.15) is 0 Å². The van der Waals surface area contributed by atoms with Crippen molar-refractivity contribution < 1.29 is 22.8 Å². The average molecular weight is 619 g/mol. The first-order valence-electron chi connectivity index (χ1n) is 15.4. The minimum Gasteiger partial charge on any atom is -0.342 e. The molecule has 2 rings (SSSR count). The Morgan fingerprint density at radius 1 is 0.953 bits per heavy atom. The minimum absolute atomic E-state index is 0.0926. The van der Waals surface area contributed by atoms with Crippen molar-refractivity contribution in [2.75, 3.05) is 14.1 Å². The average Bonchev–Trinajstić information content (AvgIpc) is 2.93. The van der Waals surface area contributed by atoms with Gasteiger partial charge in [-0.1, -0.05) is 104 Å². The lowest BCUT2D eigenvalue weighted by molar-refractivity contribution is -0.140. The molecule has 43 heavy (non-hydrogen) atoms. The van der Waals surface area contributed by atoms with Crippen LogP contribution in [0.2, 0.25) is 0 Å². The van der Waals surface area contributed by atoms with E-state index in [2.05, 4.69) is 15.4 Å². The summed E-state index contributed by atoms with van der Waals surface area (Å²) >= 11 is 0. The van der Waals surface area contributed by atoms with E-state index < -0.39 is 50.1 Å². The standard InChI is InChI=1S/C33H54N4O5S/c1-22(2)26(21-23(3)29(38)36-43(41,42)25-19-15-12-16-20-25)37(10)31(40)28(32(4,5)6)35-30(39)27(34-9)33(7,8)24-17-13-11-14-18-24/h11,13-14,17-18,21-22,25-28,34H,12,15-16,19-20H2,1-10H3,(H,35,39)(H,36,38)/b23-21+. The molecule has 1 fully saturated rings. The minimum atomic E-state index is -3.78. The van der Waals surface area contributed by atoms with Crippen molar-refractivity contribution in [2.24, 2.45) is 11.3 Å². The van der Waals surface area contributed by atoms with E-state index in [1.54, 1.807) is 32.0 Å². The van der Waals surface area contributed by atoms with Gasteiger partial charge in [-0.3, -0.25) is 14.4 Å². The zero-order valence-electron chi connectivity index (χ0n) is 27.8. The Balaban J connectivity index is 2.29. The molecular formula is C33H54N4O5S. The third-order valence-electron chi connectivity index (χ3n) is 8.67. The highest BCUT2D eigenvalue weighted by Gasteiger charge is 2.41. The fraction of sp³-hybridized carbons (Fsp3) is 0.667. The van der Waals surface area contributed by atoms with Crippen LogP contribution in [0.25, 0.3) is 0 Å². The molecule has 0 heterocycles. The molecule has 242 valence electrons. The van der Waals surface area contributed by atoms with Crippen LogP contribution in [0.5, 0.6) is 0 Å². The molecule has 0 radical (unpaired) electrons. The second-order valence-corrected chi connectivity index (χ2v) is 15.8. The topological polar surface area (TPSA) is 125 Å². The molecule has 0 spiro atoms. The Bertz CT molecular complexity index is 1250. The molecule has 3 atom stereocenters. The fourth-order valence-corrected chi connectivity index (χ4v) is 7.37. The second-order valence-electron chi connectivity index (χ2n) is 13.9. The van der Waals surface area contributed by atoms with Crippen molar-refractivity contribution in [1.82, 2.24) is 20.3 Å². The molecule has 1 saturated carbocycles. The van der Waals surface area contributed by atoms with E-state index in [1.807, 2.05) is 78.8 Å². The molecule has 1 aliphatic rings. The van der Waals surface area contributed by atoms with Crippen LogP contribution in [0.15, 0.2) is 42.0 Å². The lowest BCUT2D eigenvalue weighted by Gasteiger charge is -2.40. The van der Waals surface area contributed by atoms with Crippen LogP contribution in [0, 0.1) is 11.3 Å². The lowest BCUT2D eigenvalue weighted by atomic mass is 9.76. The lowest BCUT2D eigenvalue weighted by Crippen LogP contribution is -2.61. The molecule has 9 nitrogen and oxygen atoms in total. The Morgan fingerprint density at radius 3 is 2.00 bits per heavy atom. The molecule has 0 aliphatic heterocycles.